The molecule has 30 heavy (non-hydrogen) atoms. The van der Waals surface area contributed by atoms with E-state index >= 15 is 0 Å². The van der Waals surface area contributed by atoms with Crippen LogP contribution in [0.15, 0.2) is 48.5 Å². The van der Waals surface area contributed by atoms with E-state index in [0.29, 0.717) is 19.1 Å². The zero-order valence-electron chi connectivity index (χ0n) is 19.1. The standard InChI is InChI=1S/C25H36N4O/c1-6-27(19-21-7-11-23(12-8-21)26(4)5)25(30)22-9-13-24(14-10-22)29-17-15-28(16-18-29)20(2)3/h7-14,20H,6,15-19H2,1-5H3. The Bertz CT molecular complexity index is 806. The number of hydrogen-bond donors (Lipinski definition) is 0. The molecule has 2 aromatic rings. The van der Waals surface area contributed by atoms with Crippen LogP contribution in [-0.2, 0) is 6.54 Å². The van der Waals surface area contributed by atoms with E-state index in [2.05, 4.69) is 64.9 Å². The van der Waals surface area contributed by atoms with Gasteiger partial charge in [-0.25, -0.2) is 0 Å². The Morgan fingerprint density at radius 3 is 2.03 bits per heavy atom. The van der Waals surface area contributed by atoms with Crippen molar-refractivity contribution in [2.24, 2.45) is 0 Å². The van der Waals surface area contributed by atoms with E-state index in [9.17, 15) is 4.79 Å². The van der Waals surface area contributed by atoms with Crippen LogP contribution in [0.25, 0.3) is 0 Å². The molecule has 0 saturated carbocycles. The maximum atomic E-state index is 13.1. The number of hydrogen-bond acceptors (Lipinski definition) is 4. The predicted octanol–water partition coefficient (Wildman–Crippen LogP) is 3.95. The molecule has 1 fully saturated rings. The highest BCUT2D eigenvalue weighted by molar-refractivity contribution is 5.94. The van der Waals surface area contributed by atoms with E-state index in [1.54, 1.807) is 0 Å². The van der Waals surface area contributed by atoms with Crippen molar-refractivity contribution in [1.29, 1.82) is 0 Å². The van der Waals surface area contributed by atoms with Crippen molar-refractivity contribution in [3.8, 4) is 0 Å². The van der Waals surface area contributed by atoms with Crippen LogP contribution in [0.1, 0.15) is 36.7 Å². The third-order valence-electron chi connectivity index (χ3n) is 6.02. The van der Waals surface area contributed by atoms with E-state index in [1.807, 2.05) is 38.1 Å². The van der Waals surface area contributed by atoms with Gasteiger partial charge in [0.2, 0.25) is 0 Å². The number of benzene rings is 2. The van der Waals surface area contributed by atoms with Crippen LogP contribution in [0.2, 0.25) is 0 Å². The molecule has 5 heteroatoms. The van der Waals surface area contributed by atoms with E-state index in [1.165, 1.54) is 5.69 Å². The maximum Gasteiger partial charge on any atom is 0.254 e. The fraction of sp³-hybridized carbons (Fsp3) is 0.480. The summed E-state index contributed by atoms with van der Waals surface area (Å²) < 4.78 is 0. The summed E-state index contributed by atoms with van der Waals surface area (Å²) in [5, 5.41) is 0. The summed E-state index contributed by atoms with van der Waals surface area (Å²) in [5.41, 5.74) is 4.27. The minimum absolute atomic E-state index is 0.0883. The van der Waals surface area contributed by atoms with Crippen molar-refractivity contribution in [2.75, 3.05) is 56.6 Å². The molecule has 0 aliphatic carbocycles. The number of piperazine rings is 1. The Kier molecular flexibility index (Phi) is 7.38. The Hall–Kier alpha value is -2.53. The van der Waals surface area contributed by atoms with Crippen molar-refractivity contribution in [3.05, 3.63) is 59.7 Å². The van der Waals surface area contributed by atoms with Crippen molar-refractivity contribution in [2.45, 2.75) is 33.4 Å². The summed E-state index contributed by atoms with van der Waals surface area (Å²) in [7, 11) is 4.07. The zero-order chi connectivity index (χ0) is 21.7. The van der Waals surface area contributed by atoms with Gasteiger partial charge in [-0.05, 0) is 62.7 Å². The second-order valence-electron chi connectivity index (χ2n) is 8.54. The molecule has 0 N–H and O–H groups in total. The average Bonchev–Trinajstić information content (AvgIpc) is 2.77. The lowest BCUT2D eigenvalue weighted by Crippen LogP contribution is -2.48. The van der Waals surface area contributed by atoms with E-state index in [0.717, 1.165) is 43.0 Å². The molecular weight excluding hydrogens is 372 g/mol. The molecule has 1 saturated heterocycles. The molecule has 2 aromatic carbocycles. The first-order chi connectivity index (χ1) is 14.4. The van der Waals surface area contributed by atoms with Crippen molar-refractivity contribution in [3.63, 3.8) is 0 Å². The molecule has 162 valence electrons. The quantitative estimate of drug-likeness (QED) is 0.694. The van der Waals surface area contributed by atoms with Gasteiger partial charge in [-0.1, -0.05) is 12.1 Å². The number of nitrogens with zero attached hydrogens (tertiary/aromatic N) is 4. The Morgan fingerprint density at radius 2 is 1.53 bits per heavy atom. The van der Waals surface area contributed by atoms with Crippen LogP contribution in [-0.4, -0.2) is 68.6 Å². The smallest absolute Gasteiger partial charge is 0.254 e. The van der Waals surface area contributed by atoms with Gasteiger partial charge in [-0.15, -0.1) is 0 Å². The Balaban J connectivity index is 1.62. The minimum atomic E-state index is 0.0883. The average molecular weight is 409 g/mol. The number of carbonyl (C=O) groups excluding carboxylic acids is 1. The van der Waals surface area contributed by atoms with Gasteiger partial charge < -0.3 is 14.7 Å². The van der Waals surface area contributed by atoms with Crippen LogP contribution in [0, 0.1) is 0 Å². The van der Waals surface area contributed by atoms with Crippen LogP contribution in [0.4, 0.5) is 11.4 Å². The number of anilines is 2. The molecule has 0 radical (unpaired) electrons. The highest BCUT2D eigenvalue weighted by Crippen LogP contribution is 2.20. The third-order valence-corrected chi connectivity index (χ3v) is 6.02. The lowest BCUT2D eigenvalue weighted by atomic mass is 10.1. The summed E-state index contributed by atoms with van der Waals surface area (Å²) in [5.74, 6) is 0.0883. The summed E-state index contributed by atoms with van der Waals surface area (Å²) in [4.78, 5) is 22.0. The van der Waals surface area contributed by atoms with Gasteiger partial charge >= 0.3 is 0 Å². The van der Waals surface area contributed by atoms with Crippen LogP contribution >= 0.6 is 0 Å². The molecule has 5 nitrogen and oxygen atoms in total. The van der Waals surface area contributed by atoms with Gasteiger partial charge in [0, 0.05) is 76.3 Å². The normalized spacial score (nSPS) is 14.8. The summed E-state index contributed by atoms with van der Waals surface area (Å²) in [6.45, 7) is 12.1. The molecule has 0 spiro atoms. The fourth-order valence-corrected chi connectivity index (χ4v) is 3.94. The van der Waals surface area contributed by atoms with E-state index in [4.69, 9.17) is 0 Å². The fourth-order valence-electron chi connectivity index (χ4n) is 3.94. The molecule has 1 amide bonds. The maximum absolute atomic E-state index is 13.1. The Labute approximate surface area is 181 Å². The molecule has 1 heterocycles. The molecule has 0 bridgehead atoms. The van der Waals surface area contributed by atoms with Crippen molar-refractivity contribution < 1.29 is 4.79 Å². The highest BCUT2D eigenvalue weighted by Gasteiger charge is 2.20. The largest absolute Gasteiger partial charge is 0.378 e. The lowest BCUT2D eigenvalue weighted by Gasteiger charge is -2.38. The van der Waals surface area contributed by atoms with Crippen LogP contribution in [0.5, 0.6) is 0 Å². The SMILES string of the molecule is CCN(Cc1ccc(N(C)C)cc1)C(=O)c1ccc(N2CCN(C(C)C)CC2)cc1. The number of rotatable bonds is 7. The molecular formula is C25H36N4O. The van der Waals surface area contributed by atoms with Crippen LogP contribution in [0.3, 0.4) is 0 Å². The first-order valence-corrected chi connectivity index (χ1v) is 11.0. The van der Waals surface area contributed by atoms with Gasteiger partial charge in [0.15, 0.2) is 0 Å². The van der Waals surface area contributed by atoms with Gasteiger partial charge in [-0.2, -0.15) is 0 Å². The lowest BCUT2D eigenvalue weighted by molar-refractivity contribution is 0.0752. The van der Waals surface area contributed by atoms with Gasteiger partial charge in [0.05, 0.1) is 0 Å². The zero-order valence-corrected chi connectivity index (χ0v) is 19.1. The summed E-state index contributed by atoms with van der Waals surface area (Å²) in [6, 6.07) is 17.1. The molecule has 1 aliphatic rings. The first kappa shape index (κ1) is 22.2. The third kappa shape index (κ3) is 5.33. The van der Waals surface area contributed by atoms with Gasteiger partial charge in [0.1, 0.15) is 0 Å². The highest BCUT2D eigenvalue weighted by atomic mass is 16.2. The molecule has 0 aromatic heterocycles. The monoisotopic (exact) mass is 408 g/mol. The number of carbonyl (C=O) groups is 1. The first-order valence-electron chi connectivity index (χ1n) is 11.0. The minimum Gasteiger partial charge on any atom is -0.378 e. The molecule has 3 rings (SSSR count). The summed E-state index contributed by atoms with van der Waals surface area (Å²) in [6.07, 6.45) is 0. The predicted molar refractivity (Wildman–Crippen MR) is 127 cm³/mol. The van der Waals surface area contributed by atoms with Crippen molar-refractivity contribution >= 4 is 17.3 Å². The van der Waals surface area contributed by atoms with Gasteiger partial charge in [0.25, 0.3) is 5.91 Å². The van der Waals surface area contributed by atoms with Crippen molar-refractivity contribution in [1.82, 2.24) is 9.80 Å². The topological polar surface area (TPSA) is 30.0 Å². The Morgan fingerprint density at radius 1 is 0.933 bits per heavy atom. The summed E-state index contributed by atoms with van der Waals surface area (Å²) >= 11 is 0. The van der Waals surface area contributed by atoms with E-state index < -0.39 is 0 Å². The second-order valence-corrected chi connectivity index (χ2v) is 8.54. The number of amides is 1. The molecule has 1 aliphatic heterocycles. The second kappa shape index (κ2) is 9.98. The molecule has 0 atom stereocenters. The molecule has 0 unspecified atom stereocenters. The van der Waals surface area contributed by atoms with Gasteiger partial charge in [-0.3, -0.25) is 9.69 Å². The van der Waals surface area contributed by atoms with E-state index in [-0.39, 0.29) is 5.91 Å². The van der Waals surface area contributed by atoms with Crippen LogP contribution < -0.4 is 9.80 Å².